The van der Waals surface area contributed by atoms with Crippen molar-refractivity contribution in [2.45, 2.75) is 64.4 Å². The zero-order valence-electron chi connectivity index (χ0n) is 12.8. The van der Waals surface area contributed by atoms with Gasteiger partial charge in [0.15, 0.2) is 0 Å². The van der Waals surface area contributed by atoms with Crippen LogP contribution in [0.1, 0.15) is 39.5 Å². The summed E-state index contributed by atoms with van der Waals surface area (Å²) in [5.74, 6) is -0.184. The van der Waals surface area contributed by atoms with Gasteiger partial charge in [0.25, 0.3) is 0 Å². The van der Waals surface area contributed by atoms with Gasteiger partial charge < -0.3 is 9.47 Å². The number of allylic oxidation sites excluding steroid dienone is 1. The van der Waals surface area contributed by atoms with Crippen molar-refractivity contribution in [3.63, 3.8) is 0 Å². The first-order chi connectivity index (χ1) is 8.97. The van der Waals surface area contributed by atoms with Gasteiger partial charge in [-0.1, -0.05) is 25.2 Å². The fourth-order valence-corrected chi connectivity index (χ4v) is 5.37. The Labute approximate surface area is 118 Å². The number of esters is 1. The van der Waals surface area contributed by atoms with Crippen LogP contribution >= 0.6 is 0 Å². The second-order valence-corrected chi connectivity index (χ2v) is 11.2. The first-order valence-corrected chi connectivity index (χ1v) is 10.7. The van der Waals surface area contributed by atoms with Gasteiger partial charge in [0, 0.05) is 17.9 Å². The van der Waals surface area contributed by atoms with E-state index in [0.717, 1.165) is 13.0 Å². The maximum absolute atomic E-state index is 11.5. The molecule has 1 rings (SSSR count). The van der Waals surface area contributed by atoms with Crippen LogP contribution in [0.4, 0.5) is 0 Å². The van der Waals surface area contributed by atoms with Crippen molar-refractivity contribution in [1.29, 1.82) is 0 Å². The number of ether oxygens (including phenoxy) is 2. The predicted molar refractivity (Wildman–Crippen MR) is 80.9 cm³/mol. The molecule has 4 heteroatoms. The van der Waals surface area contributed by atoms with E-state index < -0.39 is 8.07 Å². The molecule has 1 fully saturated rings. The molecule has 0 spiro atoms. The fraction of sp³-hybridized carbons (Fsp3) is 0.800. The van der Waals surface area contributed by atoms with E-state index in [1.807, 2.05) is 6.92 Å². The number of hydrogen-bond donors (Lipinski definition) is 0. The van der Waals surface area contributed by atoms with Gasteiger partial charge in [0.2, 0.25) is 0 Å². The molecule has 1 aliphatic heterocycles. The summed E-state index contributed by atoms with van der Waals surface area (Å²) >= 11 is 0. The summed E-state index contributed by atoms with van der Waals surface area (Å²) in [5, 5.41) is 0. The van der Waals surface area contributed by atoms with Gasteiger partial charge in [0.1, 0.15) is 0 Å². The lowest BCUT2D eigenvalue weighted by Crippen LogP contribution is -2.45. The molecule has 19 heavy (non-hydrogen) atoms. The van der Waals surface area contributed by atoms with E-state index in [9.17, 15) is 4.79 Å². The Bertz CT molecular complexity index is 317. The molecular formula is C15H28O3Si. The summed E-state index contributed by atoms with van der Waals surface area (Å²) in [6.07, 6.45) is 6.48. The molecule has 0 radical (unpaired) electrons. The predicted octanol–water partition coefficient (Wildman–Crippen LogP) is 3.70. The van der Waals surface area contributed by atoms with Crippen LogP contribution in [0.25, 0.3) is 0 Å². The van der Waals surface area contributed by atoms with Gasteiger partial charge >= 0.3 is 5.97 Å². The zero-order chi connectivity index (χ0) is 14.3. The highest BCUT2D eigenvalue weighted by Crippen LogP contribution is 2.26. The first kappa shape index (κ1) is 16.4. The van der Waals surface area contributed by atoms with Gasteiger partial charge in [-0.25, -0.2) is 4.79 Å². The largest absolute Gasteiger partial charge is 0.462 e. The Kier molecular flexibility index (Phi) is 6.79. The second kappa shape index (κ2) is 7.85. The third kappa shape index (κ3) is 5.49. The van der Waals surface area contributed by atoms with E-state index in [0.29, 0.717) is 17.9 Å². The minimum atomic E-state index is -1.34. The molecule has 110 valence electrons. The minimum absolute atomic E-state index is 0.184. The van der Waals surface area contributed by atoms with Crippen LogP contribution in [-0.2, 0) is 14.3 Å². The van der Waals surface area contributed by atoms with Crippen molar-refractivity contribution in [3.8, 4) is 0 Å². The van der Waals surface area contributed by atoms with E-state index in [2.05, 4.69) is 13.1 Å². The molecule has 0 bridgehead atoms. The summed E-state index contributed by atoms with van der Waals surface area (Å²) in [4.78, 5) is 11.5. The number of hydrogen-bond acceptors (Lipinski definition) is 3. The molecule has 1 atom stereocenters. The lowest BCUT2D eigenvalue weighted by molar-refractivity contribution is -0.138. The van der Waals surface area contributed by atoms with Gasteiger partial charge in [-0.05, 0) is 39.5 Å². The molecule has 3 nitrogen and oxygen atoms in total. The standard InChI is InChI=1S/C15H28O3Si/c1-5-13(2)15(16)18-11-8-12-19(3,4)14-9-6-7-10-17-14/h5,14H,6-12H2,1-4H3. The Morgan fingerprint density at radius 1 is 1.42 bits per heavy atom. The third-order valence-electron chi connectivity index (χ3n) is 4.00. The van der Waals surface area contributed by atoms with Crippen molar-refractivity contribution in [3.05, 3.63) is 11.6 Å². The normalized spacial score (nSPS) is 21.3. The van der Waals surface area contributed by atoms with Crippen LogP contribution in [0.15, 0.2) is 11.6 Å². The molecule has 0 saturated carbocycles. The van der Waals surface area contributed by atoms with Gasteiger partial charge in [-0.3, -0.25) is 0 Å². The highest BCUT2D eigenvalue weighted by molar-refractivity contribution is 6.78. The molecule has 1 saturated heterocycles. The summed E-state index contributed by atoms with van der Waals surface area (Å²) in [7, 11) is -1.34. The van der Waals surface area contributed by atoms with Crippen molar-refractivity contribution in [1.82, 2.24) is 0 Å². The van der Waals surface area contributed by atoms with E-state index in [1.54, 1.807) is 13.0 Å². The topological polar surface area (TPSA) is 35.5 Å². The third-order valence-corrected chi connectivity index (χ3v) is 7.85. The first-order valence-electron chi connectivity index (χ1n) is 7.39. The summed E-state index contributed by atoms with van der Waals surface area (Å²) in [6.45, 7) is 9.89. The molecule has 1 unspecified atom stereocenters. The van der Waals surface area contributed by atoms with Crippen molar-refractivity contribution in [2.24, 2.45) is 0 Å². The van der Waals surface area contributed by atoms with E-state index in [4.69, 9.17) is 9.47 Å². The molecule has 0 aromatic rings. The highest BCUT2D eigenvalue weighted by Gasteiger charge is 2.33. The lowest BCUT2D eigenvalue weighted by atomic mass is 10.2. The quantitative estimate of drug-likeness (QED) is 0.323. The molecular weight excluding hydrogens is 256 g/mol. The average Bonchev–Trinajstić information content (AvgIpc) is 2.43. The molecule has 0 aromatic heterocycles. The van der Waals surface area contributed by atoms with Crippen LogP contribution in [0.3, 0.4) is 0 Å². The minimum Gasteiger partial charge on any atom is -0.462 e. The molecule has 1 heterocycles. The van der Waals surface area contributed by atoms with Crippen LogP contribution < -0.4 is 0 Å². The molecule has 0 aliphatic carbocycles. The van der Waals surface area contributed by atoms with E-state index in [-0.39, 0.29) is 5.97 Å². The van der Waals surface area contributed by atoms with Gasteiger partial charge in [-0.15, -0.1) is 0 Å². The maximum atomic E-state index is 11.5. The van der Waals surface area contributed by atoms with Crippen LogP contribution in [0.2, 0.25) is 19.1 Å². The number of carbonyl (C=O) groups is 1. The Balaban J connectivity index is 2.25. The molecule has 0 N–H and O–H groups in total. The van der Waals surface area contributed by atoms with Crippen molar-refractivity contribution >= 4 is 14.0 Å². The lowest BCUT2D eigenvalue weighted by Gasteiger charge is -2.35. The number of carbonyl (C=O) groups excluding carboxylic acids is 1. The Hall–Kier alpha value is -0.613. The summed E-state index contributed by atoms with van der Waals surface area (Å²) in [5.41, 5.74) is 1.18. The average molecular weight is 284 g/mol. The highest BCUT2D eigenvalue weighted by atomic mass is 28.3. The fourth-order valence-electron chi connectivity index (χ4n) is 2.44. The van der Waals surface area contributed by atoms with Crippen molar-refractivity contribution in [2.75, 3.05) is 13.2 Å². The second-order valence-electron chi connectivity index (χ2n) is 6.05. The SMILES string of the molecule is CC=C(C)C(=O)OCCC[Si](C)(C)C1CCCCO1. The summed E-state index contributed by atoms with van der Waals surface area (Å²) in [6, 6.07) is 1.17. The van der Waals surface area contributed by atoms with Crippen LogP contribution in [0.5, 0.6) is 0 Å². The smallest absolute Gasteiger partial charge is 0.333 e. The monoisotopic (exact) mass is 284 g/mol. The summed E-state index contributed by atoms with van der Waals surface area (Å²) < 4.78 is 11.2. The van der Waals surface area contributed by atoms with Gasteiger partial charge in [0.05, 0.1) is 14.7 Å². The molecule has 1 aliphatic rings. The Morgan fingerprint density at radius 3 is 2.74 bits per heavy atom. The van der Waals surface area contributed by atoms with Crippen molar-refractivity contribution < 1.29 is 14.3 Å². The number of rotatable bonds is 6. The Morgan fingerprint density at radius 2 is 2.16 bits per heavy atom. The maximum Gasteiger partial charge on any atom is 0.333 e. The van der Waals surface area contributed by atoms with Crippen LogP contribution in [-0.4, -0.2) is 33.0 Å². The van der Waals surface area contributed by atoms with E-state index >= 15 is 0 Å². The van der Waals surface area contributed by atoms with E-state index in [1.165, 1.54) is 25.3 Å². The zero-order valence-corrected chi connectivity index (χ0v) is 13.8. The molecule has 0 aromatic carbocycles. The van der Waals surface area contributed by atoms with Crippen LogP contribution in [0, 0.1) is 0 Å². The van der Waals surface area contributed by atoms with Gasteiger partial charge in [-0.2, -0.15) is 0 Å². The molecule has 0 amide bonds.